The van der Waals surface area contributed by atoms with Crippen molar-refractivity contribution in [2.75, 3.05) is 0 Å². The summed E-state index contributed by atoms with van der Waals surface area (Å²) in [6.45, 7) is 2.19. The maximum absolute atomic E-state index is 5.42. The molecule has 0 unspecified atom stereocenters. The van der Waals surface area contributed by atoms with Crippen molar-refractivity contribution in [1.29, 1.82) is 0 Å². The van der Waals surface area contributed by atoms with Crippen LogP contribution in [0.3, 0.4) is 0 Å². The summed E-state index contributed by atoms with van der Waals surface area (Å²) in [5.41, 5.74) is 4.16. The molecule has 3 aromatic rings. The highest BCUT2D eigenvalue weighted by Crippen LogP contribution is 2.31. The lowest BCUT2D eigenvalue weighted by Gasteiger charge is -2.09. The molecule has 3 heteroatoms. The molecule has 0 aliphatic carbocycles. The van der Waals surface area contributed by atoms with Crippen molar-refractivity contribution >= 4 is 0 Å². The first kappa shape index (κ1) is 13.6. The summed E-state index contributed by atoms with van der Waals surface area (Å²) in [4.78, 5) is 8.44. The summed E-state index contributed by atoms with van der Waals surface area (Å²) in [5.74, 6) is 0.698. The maximum Gasteiger partial charge on any atom is 0.181 e. The van der Waals surface area contributed by atoms with E-state index in [0.717, 1.165) is 41.6 Å². The van der Waals surface area contributed by atoms with E-state index in [4.69, 9.17) is 4.42 Å². The number of hydrogen-bond acceptors (Lipinski definition) is 3. The van der Waals surface area contributed by atoms with E-state index >= 15 is 0 Å². The van der Waals surface area contributed by atoms with E-state index in [0.29, 0.717) is 5.76 Å². The monoisotopic (exact) mass is 277 g/mol. The highest BCUT2D eigenvalue weighted by molar-refractivity contribution is 5.80. The Bertz CT molecular complexity index is 691. The first-order chi connectivity index (χ1) is 10.4. The van der Waals surface area contributed by atoms with Gasteiger partial charge in [0.25, 0.3) is 0 Å². The standard InChI is InChI=1S/C18H17N2O/c1-2-3-9-15-10-16(14-7-5-4-6-8-14)17(11-20-15)18-12-19-13-21-18/h4-8,10,12-13H,2-3,9H2,1H3. The van der Waals surface area contributed by atoms with E-state index in [9.17, 15) is 0 Å². The third-order valence-electron chi connectivity index (χ3n) is 3.44. The smallest absolute Gasteiger partial charge is 0.181 e. The fraction of sp³-hybridized carbons (Fsp3) is 0.222. The molecule has 0 aliphatic heterocycles. The van der Waals surface area contributed by atoms with E-state index in [1.165, 1.54) is 6.39 Å². The Labute approximate surface area is 124 Å². The number of pyridine rings is 1. The van der Waals surface area contributed by atoms with Gasteiger partial charge in [0.2, 0.25) is 0 Å². The second kappa shape index (κ2) is 6.35. The average Bonchev–Trinajstić information content (AvgIpc) is 3.08. The lowest BCUT2D eigenvalue weighted by atomic mass is 9.98. The molecule has 21 heavy (non-hydrogen) atoms. The molecule has 0 N–H and O–H groups in total. The van der Waals surface area contributed by atoms with Gasteiger partial charge >= 0.3 is 0 Å². The van der Waals surface area contributed by atoms with Gasteiger partial charge in [-0.3, -0.25) is 4.98 Å². The van der Waals surface area contributed by atoms with Gasteiger partial charge in [-0.1, -0.05) is 43.7 Å². The molecule has 0 atom stereocenters. The number of aromatic nitrogens is 2. The first-order valence-electron chi connectivity index (χ1n) is 7.24. The minimum atomic E-state index is 0.698. The molecule has 1 aromatic carbocycles. The molecule has 2 heterocycles. The summed E-state index contributed by atoms with van der Waals surface area (Å²) in [6, 6.07) is 12.4. The van der Waals surface area contributed by atoms with Crippen LogP contribution in [0.1, 0.15) is 25.5 Å². The van der Waals surface area contributed by atoms with Crippen LogP contribution in [-0.2, 0) is 6.42 Å². The molecule has 1 radical (unpaired) electrons. The zero-order valence-corrected chi connectivity index (χ0v) is 12.0. The van der Waals surface area contributed by atoms with Gasteiger partial charge in [-0.15, -0.1) is 0 Å². The molecule has 3 rings (SSSR count). The molecule has 105 valence electrons. The number of nitrogens with zero attached hydrogens (tertiary/aromatic N) is 2. The van der Waals surface area contributed by atoms with Crippen molar-refractivity contribution in [2.24, 2.45) is 0 Å². The Morgan fingerprint density at radius 1 is 1.19 bits per heavy atom. The van der Waals surface area contributed by atoms with Gasteiger partial charge < -0.3 is 4.42 Å². The van der Waals surface area contributed by atoms with Crippen LogP contribution in [0, 0.1) is 6.20 Å². The zero-order chi connectivity index (χ0) is 14.5. The number of oxazole rings is 1. The quantitative estimate of drug-likeness (QED) is 0.687. The minimum absolute atomic E-state index is 0.698. The van der Waals surface area contributed by atoms with E-state index in [2.05, 4.69) is 41.3 Å². The Balaban J connectivity index is 2.08. The number of benzene rings is 1. The Morgan fingerprint density at radius 2 is 2.05 bits per heavy atom. The molecule has 3 nitrogen and oxygen atoms in total. The lowest BCUT2D eigenvalue weighted by Crippen LogP contribution is -1.94. The topological polar surface area (TPSA) is 38.9 Å². The molecule has 0 fully saturated rings. The van der Waals surface area contributed by atoms with E-state index in [-0.39, 0.29) is 0 Å². The van der Waals surface area contributed by atoms with E-state index in [1.807, 2.05) is 18.2 Å². The van der Waals surface area contributed by atoms with Gasteiger partial charge in [0.15, 0.2) is 12.2 Å². The van der Waals surface area contributed by atoms with Gasteiger partial charge in [-0.2, -0.15) is 0 Å². The molecule has 2 aromatic heterocycles. The molecule has 0 amide bonds. The predicted molar refractivity (Wildman–Crippen MR) is 82.6 cm³/mol. The molecule has 0 saturated carbocycles. The second-order valence-electron chi connectivity index (χ2n) is 4.98. The summed E-state index contributed by atoms with van der Waals surface area (Å²) in [5, 5.41) is 0. The van der Waals surface area contributed by atoms with Crippen molar-refractivity contribution in [2.45, 2.75) is 26.2 Å². The van der Waals surface area contributed by atoms with Crippen LogP contribution in [0.25, 0.3) is 22.5 Å². The first-order valence-corrected chi connectivity index (χ1v) is 7.24. The Kier molecular flexibility index (Phi) is 4.10. The number of rotatable bonds is 5. The highest BCUT2D eigenvalue weighted by Gasteiger charge is 2.12. The zero-order valence-electron chi connectivity index (χ0n) is 12.0. The van der Waals surface area contributed by atoms with Crippen LogP contribution in [0.4, 0.5) is 0 Å². The number of hydrogen-bond donors (Lipinski definition) is 0. The van der Waals surface area contributed by atoms with Crippen LogP contribution in [0.5, 0.6) is 0 Å². The molecule has 0 aliphatic rings. The molecule has 0 spiro atoms. The van der Waals surface area contributed by atoms with Crippen LogP contribution in [0.15, 0.2) is 53.4 Å². The Morgan fingerprint density at radius 3 is 2.76 bits per heavy atom. The Hall–Kier alpha value is -2.42. The van der Waals surface area contributed by atoms with Crippen LogP contribution in [0.2, 0.25) is 0 Å². The van der Waals surface area contributed by atoms with Crippen molar-refractivity contribution in [3.63, 3.8) is 0 Å². The predicted octanol–water partition coefficient (Wildman–Crippen LogP) is 4.55. The van der Waals surface area contributed by atoms with Crippen molar-refractivity contribution in [1.82, 2.24) is 9.97 Å². The van der Waals surface area contributed by atoms with Gasteiger partial charge in [0, 0.05) is 5.69 Å². The minimum Gasteiger partial charge on any atom is -0.443 e. The van der Waals surface area contributed by atoms with Crippen molar-refractivity contribution in [3.8, 4) is 22.5 Å². The normalized spacial score (nSPS) is 10.7. The molecule has 0 saturated heterocycles. The highest BCUT2D eigenvalue weighted by atomic mass is 16.3. The van der Waals surface area contributed by atoms with Gasteiger partial charge in [-0.05, 0) is 30.0 Å². The summed E-state index contributed by atoms with van der Waals surface area (Å²) in [7, 11) is 0. The second-order valence-corrected chi connectivity index (χ2v) is 4.98. The summed E-state index contributed by atoms with van der Waals surface area (Å²) >= 11 is 0. The molecular weight excluding hydrogens is 260 g/mol. The van der Waals surface area contributed by atoms with Crippen LogP contribution >= 0.6 is 0 Å². The SMILES string of the molecule is CCCCc1cc(-c2ccccc2)c(-c2cnco2)[c]n1. The number of unbranched alkanes of at least 4 members (excludes halogenated alkanes) is 1. The molecule has 0 bridgehead atoms. The van der Waals surface area contributed by atoms with Gasteiger partial charge in [0.1, 0.15) is 6.20 Å². The average molecular weight is 277 g/mol. The largest absolute Gasteiger partial charge is 0.443 e. The van der Waals surface area contributed by atoms with E-state index in [1.54, 1.807) is 6.20 Å². The van der Waals surface area contributed by atoms with Gasteiger partial charge in [0.05, 0.1) is 11.8 Å². The van der Waals surface area contributed by atoms with E-state index < -0.39 is 0 Å². The third-order valence-corrected chi connectivity index (χ3v) is 3.44. The number of aryl methyl sites for hydroxylation is 1. The van der Waals surface area contributed by atoms with Crippen molar-refractivity contribution in [3.05, 3.63) is 60.9 Å². The van der Waals surface area contributed by atoms with Crippen LogP contribution < -0.4 is 0 Å². The van der Waals surface area contributed by atoms with Gasteiger partial charge in [-0.25, -0.2) is 4.98 Å². The lowest BCUT2D eigenvalue weighted by molar-refractivity contribution is 0.571. The summed E-state index contributed by atoms with van der Waals surface area (Å²) in [6.07, 6.45) is 9.54. The molecular formula is C18H17N2O. The fourth-order valence-electron chi connectivity index (χ4n) is 2.32. The third kappa shape index (κ3) is 3.02. The maximum atomic E-state index is 5.42. The van der Waals surface area contributed by atoms with Crippen molar-refractivity contribution < 1.29 is 4.42 Å². The fourth-order valence-corrected chi connectivity index (χ4v) is 2.32. The summed E-state index contributed by atoms with van der Waals surface area (Å²) < 4.78 is 5.42. The van der Waals surface area contributed by atoms with Crippen LogP contribution in [-0.4, -0.2) is 9.97 Å².